The van der Waals surface area contributed by atoms with Gasteiger partial charge in [-0.05, 0) is 68.6 Å². The van der Waals surface area contributed by atoms with Crippen molar-refractivity contribution in [2.45, 2.75) is 30.7 Å². The Morgan fingerprint density at radius 3 is 2.36 bits per heavy atom. The molecule has 2 aromatic rings. The van der Waals surface area contributed by atoms with Gasteiger partial charge in [-0.25, -0.2) is 13.2 Å². The number of amides is 2. The summed E-state index contributed by atoms with van der Waals surface area (Å²) in [7, 11) is -3.32. The number of nitrogens with one attached hydrogen (secondary N) is 3. The molecule has 6 nitrogen and oxygen atoms in total. The molecule has 0 aromatic heterocycles. The van der Waals surface area contributed by atoms with E-state index in [1.165, 1.54) is 0 Å². The van der Waals surface area contributed by atoms with Crippen LogP contribution in [-0.2, 0) is 9.84 Å². The number of carbonyl (C=O) groups excluding carboxylic acids is 1. The van der Waals surface area contributed by atoms with Crippen molar-refractivity contribution >= 4 is 21.6 Å². The SMILES string of the molecule is CC(NC(=O)Nc1ccc(S(=O)(=O)CC2CCNCC2)cc1)c1ccccc1. The van der Waals surface area contributed by atoms with Gasteiger partial charge in [0.25, 0.3) is 0 Å². The molecule has 3 rings (SSSR count). The Morgan fingerprint density at radius 2 is 1.71 bits per heavy atom. The molecule has 1 aliphatic heterocycles. The van der Waals surface area contributed by atoms with Crippen LogP contribution in [0.25, 0.3) is 0 Å². The molecular formula is C21H27N3O3S. The van der Waals surface area contributed by atoms with Gasteiger partial charge in [0, 0.05) is 5.69 Å². The van der Waals surface area contributed by atoms with Crippen LogP contribution in [0, 0.1) is 5.92 Å². The number of piperidine rings is 1. The number of sulfone groups is 1. The third-order valence-corrected chi connectivity index (χ3v) is 6.93. The molecule has 3 N–H and O–H groups in total. The third kappa shape index (κ3) is 5.56. The van der Waals surface area contributed by atoms with E-state index < -0.39 is 9.84 Å². The summed E-state index contributed by atoms with van der Waals surface area (Å²) in [5, 5.41) is 8.87. The van der Waals surface area contributed by atoms with Crippen molar-refractivity contribution in [2.75, 3.05) is 24.2 Å². The standard InChI is InChI=1S/C21H27N3O3S/c1-16(18-5-3-2-4-6-18)23-21(25)24-19-7-9-20(10-8-19)28(26,27)15-17-11-13-22-14-12-17/h2-10,16-17,22H,11-15H2,1H3,(H2,23,24,25). The summed E-state index contributed by atoms with van der Waals surface area (Å²) in [6, 6.07) is 15.6. The van der Waals surface area contributed by atoms with Gasteiger partial charge < -0.3 is 16.0 Å². The summed E-state index contributed by atoms with van der Waals surface area (Å²) in [5.74, 6) is 0.380. The fourth-order valence-corrected chi connectivity index (χ4v) is 5.09. The predicted octanol–water partition coefficient (Wildman–Crippen LogP) is 3.34. The number of urea groups is 1. The minimum atomic E-state index is -3.32. The Kier molecular flexibility index (Phi) is 6.70. The molecule has 1 fully saturated rings. The average molecular weight is 402 g/mol. The van der Waals surface area contributed by atoms with E-state index in [2.05, 4.69) is 16.0 Å². The molecular weight excluding hydrogens is 374 g/mol. The van der Waals surface area contributed by atoms with E-state index in [1.54, 1.807) is 24.3 Å². The number of benzene rings is 2. The highest BCUT2D eigenvalue weighted by atomic mass is 32.2. The summed E-state index contributed by atoms with van der Waals surface area (Å²) in [5.41, 5.74) is 1.57. The van der Waals surface area contributed by atoms with Gasteiger partial charge in [0.05, 0.1) is 16.7 Å². The van der Waals surface area contributed by atoms with E-state index in [9.17, 15) is 13.2 Å². The number of rotatable bonds is 6. The Labute approximate surface area is 166 Å². The van der Waals surface area contributed by atoms with Crippen molar-refractivity contribution < 1.29 is 13.2 Å². The lowest BCUT2D eigenvalue weighted by Gasteiger charge is -2.22. The third-order valence-electron chi connectivity index (χ3n) is 5.03. The molecule has 0 bridgehead atoms. The Morgan fingerprint density at radius 1 is 1.07 bits per heavy atom. The maximum absolute atomic E-state index is 12.6. The van der Waals surface area contributed by atoms with E-state index >= 15 is 0 Å². The van der Waals surface area contributed by atoms with Crippen LogP contribution < -0.4 is 16.0 Å². The normalized spacial score (nSPS) is 16.3. The smallest absolute Gasteiger partial charge is 0.319 e. The molecule has 2 aromatic carbocycles. The summed E-state index contributed by atoms with van der Waals surface area (Å²) < 4.78 is 25.2. The maximum atomic E-state index is 12.6. The summed E-state index contributed by atoms with van der Waals surface area (Å²) in [6.45, 7) is 3.66. The molecule has 0 saturated carbocycles. The molecule has 1 heterocycles. The van der Waals surface area contributed by atoms with Gasteiger partial charge in [0.15, 0.2) is 9.84 Å². The van der Waals surface area contributed by atoms with Gasteiger partial charge in [-0.2, -0.15) is 0 Å². The minimum Gasteiger partial charge on any atom is -0.331 e. The Bertz CT molecular complexity index is 877. The quantitative estimate of drug-likeness (QED) is 0.693. The average Bonchev–Trinajstić information content (AvgIpc) is 2.69. The summed E-state index contributed by atoms with van der Waals surface area (Å²) >= 11 is 0. The lowest BCUT2D eigenvalue weighted by atomic mass is 10.0. The van der Waals surface area contributed by atoms with Gasteiger partial charge >= 0.3 is 6.03 Å². The second-order valence-electron chi connectivity index (χ2n) is 7.23. The largest absolute Gasteiger partial charge is 0.331 e. The van der Waals surface area contributed by atoms with Crippen molar-refractivity contribution in [1.29, 1.82) is 0 Å². The molecule has 0 spiro atoms. The van der Waals surface area contributed by atoms with Crippen LogP contribution >= 0.6 is 0 Å². The van der Waals surface area contributed by atoms with Crippen LogP contribution in [0.1, 0.15) is 31.4 Å². The molecule has 1 saturated heterocycles. The van der Waals surface area contributed by atoms with Crippen LogP contribution in [0.5, 0.6) is 0 Å². The van der Waals surface area contributed by atoms with Crippen LogP contribution in [0.2, 0.25) is 0 Å². The molecule has 1 aliphatic rings. The minimum absolute atomic E-state index is 0.133. The van der Waals surface area contributed by atoms with E-state index in [1.807, 2.05) is 37.3 Å². The first-order chi connectivity index (χ1) is 13.4. The van der Waals surface area contributed by atoms with Crippen molar-refractivity contribution in [2.24, 2.45) is 5.92 Å². The second kappa shape index (κ2) is 9.21. The lowest BCUT2D eigenvalue weighted by Crippen LogP contribution is -2.31. The predicted molar refractivity (Wildman–Crippen MR) is 111 cm³/mol. The highest BCUT2D eigenvalue weighted by molar-refractivity contribution is 7.91. The first-order valence-electron chi connectivity index (χ1n) is 9.60. The van der Waals surface area contributed by atoms with Gasteiger partial charge in [-0.3, -0.25) is 0 Å². The topological polar surface area (TPSA) is 87.3 Å². The zero-order valence-electron chi connectivity index (χ0n) is 16.0. The zero-order valence-corrected chi connectivity index (χ0v) is 16.8. The summed E-state index contributed by atoms with van der Waals surface area (Å²) in [4.78, 5) is 12.5. The van der Waals surface area contributed by atoms with Gasteiger partial charge in [-0.15, -0.1) is 0 Å². The molecule has 28 heavy (non-hydrogen) atoms. The van der Waals surface area contributed by atoms with Gasteiger partial charge in [-0.1, -0.05) is 30.3 Å². The highest BCUT2D eigenvalue weighted by Crippen LogP contribution is 2.21. The molecule has 0 aliphatic carbocycles. The highest BCUT2D eigenvalue weighted by Gasteiger charge is 2.23. The van der Waals surface area contributed by atoms with E-state index in [4.69, 9.17) is 0 Å². The molecule has 1 atom stereocenters. The van der Waals surface area contributed by atoms with Crippen LogP contribution in [0.15, 0.2) is 59.5 Å². The lowest BCUT2D eigenvalue weighted by molar-refractivity contribution is 0.249. The molecule has 2 amide bonds. The second-order valence-corrected chi connectivity index (χ2v) is 9.26. The van der Waals surface area contributed by atoms with Crippen molar-refractivity contribution in [3.63, 3.8) is 0 Å². The first-order valence-corrected chi connectivity index (χ1v) is 11.3. The van der Waals surface area contributed by atoms with E-state index in [0.717, 1.165) is 31.5 Å². The Balaban J connectivity index is 1.57. The van der Waals surface area contributed by atoms with Crippen molar-refractivity contribution in [3.05, 3.63) is 60.2 Å². The molecule has 1 unspecified atom stereocenters. The molecule has 150 valence electrons. The van der Waals surface area contributed by atoms with Gasteiger partial charge in [0.2, 0.25) is 0 Å². The van der Waals surface area contributed by atoms with E-state index in [0.29, 0.717) is 10.6 Å². The number of anilines is 1. The number of hydrogen-bond acceptors (Lipinski definition) is 4. The van der Waals surface area contributed by atoms with Crippen molar-refractivity contribution in [3.8, 4) is 0 Å². The molecule has 7 heteroatoms. The van der Waals surface area contributed by atoms with Crippen LogP contribution in [0.3, 0.4) is 0 Å². The van der Waals surface area contributed by atoms with E-state index in [-0.39, 0.29) is 23.7 Å². The fourth-order valence-electron chi connectivity index (χ4n) is 3.39. The Hall–Kier alpha value is -2.38. The first kappa shape index (κ1) is 20.4. The van der Waals surface area contributed by atoms with Crippen LogP contribution in [0.4, 0.5) is 10.5 Å². The monoisotopic (exact) mass is 401 g/mol. The molecule has 0 radical (unpaired) electrons. The maximum Gasteiger partial charge on any atom is 0.319 e. The zero-order chi connectivity index (χ0) is 20.0. The fraction of sp³-hybridized carbons (Fsp3) is 0.381. The summed E-state index contributed by atoms with van der Waals surface area (Å²) in [6.07, 6.45) is 1.78. The van der Waals surface area contributed by atoms with Crippen molar-refractivity contribution in [1.82, 2.24) is 10.6 Å². The van der Waals surface area contributed by atoms with Crippen LogP contribution in [-0.4, -0.2) is 33.3 Å². The number of carbonyl (C=O) groups is 1. The number of hydrogen-bond donors (Lipinski definition) is 3. The van der Waals surface area contributed by atoms with Gasteiger partial charge in [0.1, 0.15) is 0 Å².